The fourth-order valence-electron chi connectivity index (χ4n) is 3.59. The number of benzene rings is 2. The number of halogens is 2. The normalized spacial score (nSPS) is 17.9. The van der Waals surface area contributed by atoms with Crippen molar-refractivity contribution in [2.24, 2.45) is 0 Å². The molecule has 2 aromatic carbocycles. The van der Waals surface area contributed by atoms with E-state index >= 15 is 0 Å². The second-order valence-electron chi connectivity index (χ2n) is 7.21. The molecule has 0 spiro atoms. The van der Waals surface area contributed by atoms with Crippen LogP contribution in [0.3, 0.4) is 0 Å². The van der Waals surface area contributed by atoms with Gasteiger partial charge >= 0.3 is 5.63 Å². The van der Waals surface area contributed by atoms with Crippen LogP contribution in [0.2, 0.25) is 10.0 Å². The fraction of sp³-hybridized carbons (Fsp3) is 0.238. The lowest BCUT2D eigenvalue weighted by Crippen LogP contribution is -2.42. The zero-order chi connectivity index (χ0) is 21.5. The summed E-state index contributed by atoms with van der Waals surface area (Å²) in [6, 6.07) is 12.6. The van der Waals surface area contributed by atoms with E-state index in [9.17, 15) is 18.0 Å². The van der Waals surface area contributed by atoms with Gasteiger partial charge in [0.1, 0.15) is 11.1 Å². The van der Waals surface area contributed by atoms with Gasteiger partial charge < -0.3 is 9.32 Å². The molecule has 2 heterocycles. The van der Waals surface area contributed by atoms with Gasteiger partial charge in [-0.3, -0.25) is 4.79 Å². The SMILES string of the molecule is O=C(c1cc2ccccc2oc1=O)N(Cc1ccc(Cl)cc1Cl)[C@H]1CCS(=O)(=O)C1. The molecule has 1 fully saturated rings. The van der Waals surface area contributed by atoms with E-state index in [1.54, 1.807) is 42.5 Å². The number of hydrogen-bond acceptors (Lipinski definition) is 5. The van der Waals surface area contributed by atoms with Crippen molar-refractivity contribution in [1.29, 1.82) is 0 Å². The summed E-state index contributed by atoms with van der Waals surface area (Å²) in [5, 5.41) is 1.40. The molecule has 1 amide bonds. The van der Waals surface area contributed by atoms with Gasteiger partial charge in [0.2, 0.25) is 0 Å². The molecule has 0 radical (unpaired) electrons. The van der Waals surface area contributed by atoms with Crippen LogP contribution in [-0.4, -0.2) is 36.8 Å². The molecule has 30 heavy (non-hydrogen) atoms. The minimum atomic E-state index is -3.26. The van der Waals surface area contributed by atoms with Crippen LogP contribution in [-0.2, 0) is 16.4 Å². The summed E-state index contributed by atoms with van der Waals surface area (Å²) in [4.78, 5) is 27.3. The summed E-state index contributed by atoms with van der Waals surface area (Å²) in [5.41, 5.74) is 0.0496. The van der Waals surface area contributed by atoms with Crippen LogP contribution in [0.25, 0.3) is 11.0 Å². The first-order valence-electron chi connectivity index (χ1n) is 9.22. The molecule has 6 nitrogen and oxygen atoms in total. The lowest BCUT2D eigenvalue weighted by Gasteiger charge is -2.28. The first-order chi connectivity index (χ1) is 14.2. The molecule has 1 aromatic heterocycles. The van der Waals surface area contributed by atoms with Crippen LogP contribution in [0.5, 0.6) is 0 Å². The van der Waals surface area contributed by atoms with E-state index in [-0.39, 0.29) is 30.0 Å². The number of rotatable bonds is 4. The third-order valence-electron chi connectivity index (χ3n) is 5.14. The average molecular weight is 466 g/mol. The lowest BCUT2D eigenvalue weighted by molar-refractivity contribution is 0.0677. The van der Waals surface area contributed by atoms with Crippen LogP contribution in [0, 0.1) is 0 Å². The van der Waals surface area contributed by atoms with E-state index in [4.69, 9.17) is 27.6 Å². The second-order valence-corrected chi connectivity index (χ2v) is 10.3. The quantitative estimate of drug-likeness (QED) is 0.544. The van der Waals surface area contributed by atoms with E-state index in [2.05, 4.69) is 0 Å². The Balaban J connectivity index is 1.76. The fourth-order valence-corrected chi connectivity index (χ4v) is 5.79. The Morgan fingerprint density at radius 1 is 1.13 bits per heavy atom. The maximum absolute atomic E-state index is 13.4. The van der Waals surface area contributed by atoms with Gasteiger partial charge in [0, 0.05) is 28.0 Å². The predicted octanol–water partition coefficient (Wildman–Crippen LogP) is 3.93. The number of amides is 1. The van der Waals surface area contributed by atoms with Crippen LogP contribution < -0.4 is 5.63 Å². The first-order valence-corrected chi connectivity index (χ1v) is 11.8. The summed E-state index contributed by atoms with van der Waals surface area (Å²) < 4.78 is 29.4. The molecule has 156 valence electrons. The molecular formula is C21H17Cl2NO5S. The molecule has 3 aromatic rings. The molecule has 1 atom stereocenters. The van der Waals surface area contributed by atoms with E-state index < -0.39 is 27.4 Å². The van der Waals surface area contributed by atoms with Gasteiger partial charge in [-0.2, -0.15) is 0 Å². The Hall–Kier alpha value is -2.35. The van der Waals surface area contributed by atoms with E-state index in [0.717, 1.165) is 0 Å². The number of fused-ring (bicyclic) bond motifs is 1. The van der Waals surface area contributed by atoms with Crippen molar-refractivity contribution in [3.05, 3.63) is 80.1 Å². The highest BCUT2D eigenvalue weighted by atomic mass is 35.5. The minimum absolute atomic E-state index is 0.0118. The highest BCUT2D eigenvalue weighted by Gasteiger charge is 2.36. The Bertz CT molecular complexity index is 1300. The summed E-state index contributed by atoms with van der Waals surface area (Å²) in [7, 11) is -3.26. The second kappa shape index (κ2) is 8.06. The highest BCUT2D eigenvalue weighted by Crippen LogP contribution is 2.27. The Morgan fingerprint density at radius 2 is 1.90 bits per heavy atom. The average Bonchev–Trinajstić information content (AvgIpc) is 3.06. The molecule has 0 N–H and O–H groups in total. The molecule has 0 aliphatic carbocycles. The van der Waals surface area contributed by atoms with Crippen molar-refractivity contribution in [2.75, 3.05) is 11.5 Å². The smallest absolute Gasteiger partial charge is 0.349 e. The highest BCUT2D eigenvalue weighted by molar-refractivity contribution is 7.91. The van der Waals surface area contributed by atoms with E-state index in [1.807, 2.05) is 0 Å². The molecule has 1 aliphatic heterocycles. The number of nitrogens with zero attached hydrogens (tertiary/aromatic N) is 1. The molecule has 4 rings (SSSR count). The van der Waals surface area contributed by atoms with Crippen LogP contribution in [0.15, 0.2) is 57.7 Å². The maximum atomic E-state index is 13.4. The third-order valence-corrected chi connectivity index (χ3v) is 7.47. The zero-order valence-electron chi connectivity index (χ0n) is 15.7. The minimum Gasteiger partial charge on any atom is -0.422 e. The predicted molar refractivity (Wildman–Crippen MR) is 116 cm³/mol. The van der Waals surface area contributed by atoms with Gasteiger partial charge in [0.25, 0.3) is 5.91 Å². The Morgan fingerprint density at radius 3 is 2.60 bits per heavy atom. The molecular weight excluding hydrogens is 449 g/mol. The van der Waals surface area contributed by atoms with Crippen LogP contribution in [0.1, 0.15) is 22.3 Å². The van der Waals surface area contributed by atoms with Gasteiger partial charge in [0.05, 0.1) is 11.5 Å². The number of sulfone groups is 1. The van der Waals surface area contributed by atoms with Crippen molar-refractivity contribution >= 4 is 49.9 Å². The van der Waals surface area contributed by atoms with Crippen molar-refractivity contribution in [3.63, 3.8) is 0 Å². The van der Waals surface area contributed by atoms with Gasteiger partial charge in [-0.25, -0.2) is 13.2 Å². The van der Waals surface area contributed by atoms with Crippen molar-refractivity contribution in [3.8, 4) is 0 Å². The van der Waals surface area contributed by atoms with Gasteiger partial charge in [0.15, 0.2) is 9.84 Å². The summed E-state index contributed by atoms with van der Waals surface area (Å²) in [5.74, 6) is -0.770. The standard InChI is InChI=1S/C21H17Cl2NO5S/c22-15-6-5-14(18(23)10-15)11-24(16-7-8-30(27,28)12-16)20(25)17-9-13-3-1-2-4-19(13)29-21(17)26/h1-6,9-10,16H,7-8,11-12H2/t16-/m0/s1. The summed E-state index contributed by atoms with van der Waals surface area (Å²) >= 11 is 12.2. The Kier molecular flexibility index (Phi) is 5.61. The molecule has 9 heteroatoms. The third kappa shape index (κ3) is 4.24. The monoisotopic (exact) mass is 465 g/mol. The van der Waals surface area contributed by atoms with E-state index in [0.29, 0.717) is 26.6 Å². The molecule has 0 bridgehead atoms. The molecule has 0 unspecified atom stereocenters. The van der Waals surface area contributed by atoms with Crippen molar-refractivity contribution < 1.29 is 17.6 Å². The maximum Gasteiger partial charge on any atom is 0.349 e. The van der Waals surface area contributed by atoms with Gasteiger partial charge in [-0.15, -0.1) is 0 Å². The first kappa shape index (κ1) is 20.9. The molecule has 1 saturated heterocycles. The largest absolute Gasteiger partial charge is 0.422 e. The summed E-state index contributed by atoms with van der Waals surface area (Å²) in [6.45, 7) is 0.0429. The van der Waals surface area contributed by atoms with Crippen LogP contribution in [0.4, 0.5) is 0 Å². The van der Waals surface area contributed by atoms with Crippen molar-refractivity contribution in [1.82, 2.24) is 4.90 Å². The Labute approximate surface area is 182 Å². The number of carbonyl (C=O) groups excluding carboxylic acids is 1. The van der Waals surface area contributed by atoms with Crippen molar-refractivity contribution in [2.45, 2.75) is 19.0 Å². The van der Waals surface area contributed by atoms with Gasteiger partial charge in [-0.05, 0) is 36.2 Å². The summed E-state index contributed by atoms with van der Waals surface area (Å²) in [6.07, 6.45) is 0.290. The number of carbonyl (C=O) groups is 1. The number of hydrogen-bond donors (Lipinski definition) is 0. The van der Waals surface area contributed by atoms with Gasteiger partial charge in [-0.1, -0.05) is 47.5 Å². The molecule has 1 aliphatic rings. The molecule has 0 saturated carbocycles. The zero-order valence-corrected chi connectivity index (χ0v) is 18.0. The lowest BCUT2D eigenvalue weighted by atomic mass is 10.1. The topological polar surface area (TPSA) is 84.7 Å². The van der Waals surface area contributed by atoms with E-state index in [1.165, 1.54) is 11.0 Å². The van der Waals surface area contributed by atoms with Crippen LogP contribution >= 0.6 is 23.2 Å². The number of para-hydroxylation sites is 1.